The van der Waals surface area contributed by atoms with Crippen LogP contribution in [0, 0.1) is 0 Å². The van der Waals surface area contributed by atoms with Crippen molar-refractivity contribution in [1.29, 1.82) is 0 Å². The lowest BCUT2D eigenvalue weighted by atomic mass is 10.3. The predicted octanol–water partition coefficient (Wildman–Crippen LogP) is -0.734. The average molecular weight is 270 g/mol. The average Bonchev–Trinajstić information content (AvgIpc) is 2.43. The van der Waals surface area contributed by atoms with Gasteiger partial charge in [0.2, 0.25) is 0 Å². The molecule has 6 nitrogen and oxygen atoms in total. The molecule has 0 atom stereocenters. The van der Waals surface area contributed by atoms with Crippen LogP contribution >= 0.6 is 0 Å². The molecule has 0 radical (unpaired) electrons. The second kappa shape index (κ2) is 8.87. The molecule has 0 aromatic heterocycles. The molecule has 110 valence electrons. The van der Waals surface area contributed by atoms with Crippen molar-refractivity contribution in [1.82, 2.24) is 20.4 Å². The molecule has 0 bridgehead atoms. The molecule has 1 fully saturated rings. The Morgan fingerprint density at radius 3 is 1.63 bits per heavy atom. The van der Waals surface area contributed by atoms with Crippen LogP contribution in [0.25, 0.3) is 0 Å². The summed E-state index contributed by atoms with van der Waals surface area (Å²) in [5, 5.41) is 5.31. The maximum absolute atomic E-state index is 11.5. The zero-order chi connectivity index (χ0) is 14.1. The van der Waals surface area contributed by atoms with E-state index in [4.69, 9.17) is 0 Å². The fourth-order valence-corrected chi connectivity index (χ4v) is 2.19. The third-order valence-corrected chi connectivity index (χ3v) is 3.48. The quantitative estimate of drug-likeness (QED) is 0.649. The van der Waals surface area contributed by atoms with Gasteiger partial charge in [0.15, 0.2) is 0 Å². The monoisotopic (exact) mass is 270 g/mol. The summed E-state index contributed by atoms with van der Waals surface area (Å²) in [6.45, 7) is 10.9. The molecule has 6 heteroatoms. The summed E-state index contributed by atoms with van der Waals surface area (Å²) in [5.74, 6) is -1.06. The lowest BCUT2D eigenvalue weighted by Gasteiger charge is -2.23. The Kier molecular flexibility index (Phi) is 7.43. The van der Waals surface area contributed by atoms with E-state index in [0.29, 0.717) is 13.1 Å². The molecule has 0 aromatic rings. The molecule has 0 spiro atoms. The van der Waals surface area contributed by atoms with Gasteiger partial charge >= 0.3 is 11.8 Å². The standard InChI is InChI=1S/C13H26N4O2/c1-3-16-8-5-9-17(4-2)11-7-15-13(19)12(18)14-6-10-16/h3-11H2,1-2H3,(H,14,18)(H,15,19). The van der Waals surface area contributed by atoms with Gasteiger partial charge in [0, 0.05) is 26.2 Å². The first kappa shape index (κ1) is 15.9. The minimum Gasteiger partial charge on any atom is -0.347 e. The topological polar surface area (TPSA) is 64.7 Å². The first-order valence-corrected chi connectivity index (χ1v) is 7.18. The molecule has 1 heterocycles. The van der Waals surface area contributed by atoms with E-state index in [2.05, 4.69) is 34.3 Å². The van der Waals surface area contributed by atoms with Crippen molar-refractivity contribution in [2.24, 2.45) is 0 Å². The van der Waals surface area contributed by atoms with E-state index in [0.717, 1.165) is 45.7 Å². The van der Waals surface area contributed by atoms with Gasteiger partial charge < -0.3 is 20.4 Å². The number of hydrogen-bond acceptors (Lipinski definition) is 4. The Labute approximate surface area is 115 Å². The summed E-state index contributed by atoms with van der Waals surface area (Å²) in [5.41, 5.74) is 0. The van der Waals surface area contributed by atoms with E-state index in [-0.39, 0.29) is 0 Å². The summed E-state index contributed by atoms with van der Waals surface area (Å²) in [7, 11) is 0. The van der Waals surface area contributed by atoms with Crippen LogP contribution in [-0.2, 0) is 9.59 Å². The minimum atomic E-state index is -0.529. The van der Waals surface area contributed by atoms with E-state index >= 15 is 0 Å². The molecule has 0 aliphatic carbocycles. The van der Waals surface area contributed by atoms with Gasteiger partial charge in [-0.2, -0.15) is 0 Å². The summed E-state index contributed by atoms with van der Waals surface area (Å²) >= 11 is 0. The molecule has 2 N–H and O–H groups in total. The number of nitrogens with one attached hydrogen (secondary N) is 2. The fourth-order valence-electron chi connectivity index (χ4n) is 2.19. The second-order valence-corrected chi connectivity index (χ2v) is 4.73. The largest absolute Gasteiger partial charge is 0.347 e. The van der Waals surface area contributed by atoms with Crippen LogP contribution in [0.2, 0.25) is 0 Å². The van der Waals surface area contributed by atoms with Crippen molar-refractivity contribution in [2.45, 2.75) is 20.3 Å². The Balaban J connectivity index is 2.54. The predicted molar refractivity (Wildman–Crippen MR) is 74.9 cm³/mol. The van der Waals surface area contributed by atoms with Crippen LogP contribution in [0.15, 0.2) is 0 Å². The normalized spacial score (nSPS) is 21.8. The molecule has 1 saturated heterocycles. The van der Waals surface area contributed by atoms with Gasteiger partial charge in [-0.3, -0.25) is 9.59 Å². The van der Waals surface area contributed by atoms with Crippen LogP contribution in [0.4, 0.5) is 0 Å². The van der Waals surface area contributed by atoms with Crippen LogP contribution < -0.4 is 10.6 Å². The highest BCUT2D eigenvalue weighted by Crippen LogP contribution is 1.95. The zero-order valence-corrected chi connectivity index (χ0v) is 12.1. The van der Waals surface area contributed by atoms with Gasteiger partial charge in [-0.25, -0.2) is 0 Å². The summed E-state index contributed by atoms with van der Waals surface area (Å²) in [6, 6.07) is 0. The number of amides is 2. The summed E-state index contributed by atoms with van der Waals surface area (Å²) in [4.78, 5) is 27.6. The van der Waals surface area contributed by atoms with Crippen molar-refractivity contribution in [3.8, 4) is 0 Å². The highest BCUT2D eigenvalue weighted by atomic mass is 16.2. The molecule has 1 rings (SSSR count). The van der Waals surface area contributed by atoms with Gasteiger partial charge in [-0.15, -0.1) is 0 Å². The Morgan fingerprint density at radius 2 is 1.26 bits per heavy atom. The van der Waals surface area contributed by atoms with Crippen molar-refractivity contribution >= 4 is 11.8 Å². The third-order valence-electron chi connectivity index (χ3n) is 3.48. The molecule has 19 heavy (non-hydrogen) atoms. The van der Waals surface area contributed by atoms with Gasteiger partial charge in [0.25, 0.3) is 0 Å². The van der Waals surface area contributed by atoms with E-state index < -0.39 is 11.8 Å². The zero-order valence-electron chi connectivity index (χ0n) is 12.1. The SMILES string of the molecule is CCN1CCCN(CC)CCNC(=O)C(=O)NCC1. The van der Waals surface area contributed by atoms with Crippen molar-refractivity contribution in [3.05, 3.63) is 0 Å². The molecular formula is C13H26N4O2. The molecule has 0 aromatic carbocycles. The van der Waals surface area contributed by atoms with Gasteiger partial charge in [-0.05, 0) is 32.6 Å². The number of nitrogens with zero attached hydrogens (tertiary/aromatic N) is 2. The van der Waals surface area contributed by atoms with Gasteiger partial charge in [0.1, 0.15) is 0 Å². The minimum absolute atomic E-state index is 0.525. The van der Waals surface area contributed by atoms with E-state index in [9.17, 15) is 9.59 Å². The summed E-state index contributed by atoms with van der Waals surface area (Å²) in [6.07, 6.45) is 1.11. The third kappa shape index (κ3) is 6.02. The Bertz CT molecular complexity index is 268. The molecule has 0 unspecified atom stereocenters. The molecular weight excluding hydrogens is 244 g/mol. The van der Waals surface area contributed by atoms with Crippen LogP contribution in [-0.4, -0.2) is 74.0 Å². The number of rotatable bonds is 2. The molecule has 1 aliphatic rings. The van der Waals surface area contributed by atoms with Crippen molar-refractivity contribution in [2.75, 3.05) is 52.4 Å². The summed E-state index contributed by atoms with van der Waals surface area (Å²) < 4.78 is 0. The van der Waals surface area contributed by atoms with E-state index in [1.54, 1.807) is 0 Å². The lowest BCUT2D eigenvalue weighted by molar-refractivity contribution is -0.139. The smallest absolute Gasteiger partial charge is 0.309 e. The van der Waals surface area contributed by atoms with Gasteiger partial charge in [0.05, 0.1) is 0 Å². The van der Waals surface area contributed by atoms with Crippen LogP contribution in [0.3, 0.4) is 0 Å². The Hall–Kier alpha value is -1.14. The Morgan fingerprint density at radius 1 is 0.842 bits per heavy atom. The van der Waals surface area contributed by atoms with Crippen LogP contribution in [0.1, 0.15) is 20.3 Å². The first-order chi connectivity index (χ1) is 9.17. The van der Waals surface area contributed by atoms with E-state index in [1.807, 2.05) is 0 Å². The molecule has 0 saturated carbocycles. The highest BCUT2D eigenvalue weighted by Gasteiger charge is 2.14. The molecule has 1 aliphatic heterocycles. The first-order valence-electron chi connectivity index (χ1n) is 7.18. The number of hydrogen-bond donors (Lipinski definition) is 2. The highest BCUT2D eigenvalue weighted by molar-refractivity contribution is 6.35. The van der Waals surface area contributed by atoms with Crippen molar-refractivity contribution < 1.29 is 9.59 Å². The maximum Gasteiger partial charge on any atom is 0.309 e. The van der Waals surface area contributed by atoms with E-state index in [1.165, 1.54) is 0 Å². The lowest BCUT2D eigenvalue weighted by Crippen LogP contribution is -2.44. The maximum atomic E-state index is 11.5. The number of carbonyl (C=O) groups is 2. The van der Waals surface area contributed by atoms with Crippen molar-refractivity contribution in [3.63, 3.8) is 0 Å². The van der Waals surface area contributed by atoms with Crippen LogP contribution in [0.5, 0.6) is 0 Å². The second-order valence-electron chi connectivity index (χ2n) is 4.73. The van der Waals surface area contributed by atoms with Gasteiger partial charge in [-0.1, -0.05) is 13.8 Å². The number of likely N-dealkylation sites (N-methyl/N-ethyl adjacent to an activating group) is 2. The fraction of sp³-hybridized carbons (Fsp3) is 0.846. The molecule has 2 amide bonds. The number of carbonyl (C=O) groups excluding carboxylic acids is 2.